The van der Waals surface area contributed by atoms with Crippen LogP contribution in [0.2, 0.25) is 10.0 Å². The molecule has 0 amide bonds. The summed E-state index contributed by atoms with van der Waals surface area (Å²) in [5.41, 5.74) is 3.24. The van der Waals surface area contributed by atoms with E-state index in [1.165, 1.54) is 37.7 Å². The van der Waals surface area contributed by atoms with E-state index in [-0.39, 0.29) is 0 Å². The van der Waals surface area contributed by atoms with Crippen molar-refractivity contribution in [2.24, 2.45) is 5.92 Å². The fourth-order valence-corrected chi connectivity index (χ4v) is 3.80. The van der Waals surface area contributed by atoms with Gasteiger partial charge in [0.1, 0.15) is 5.75 Å². The molecule has 1 saturated carbocycles. The van der Waals surface area contributed by atoms with E-state index in [0.717, 1.165) is 23.5 Å². The van der Waals surface area contributed by atoms with Crippen LogP contribution in [0.3, 0.4) is 0 Å². The van der Waals surface area contributed by atoms with Crippen LogP contribution in [0, 0.1) is 12.8 Å². The lowest BCUT2D eigenvalue weighted by Crippen LogP contribution is -2.15. The van der Waals surface area contributed by atoms with Crippen LogP contribution in [0.25, 0.3) is 11.1 Å². The predicted molar refractivity (Wildman–Crippen MR) is 98.7 cm³/mol. The first-order chi connectivity index (χ1) is 11.1. The van der Waals surface area contributed by atoms with Crippen molar-refractivity contribution in [2.75, 3.05) is 6.61 Å². The summed E-state index contributed by atoms with van der Waals surface area (Å²) in [5, 5.41) is 1.32. The SMILES string of the molecule is Cc1cc(OCC2CCCCC2)cc(-c2ccc(Cl)cc2Cl)c1. The Morgan fingerprint density at radius 2 is 1.78 bits per heavy atom. The Morgan fingerprint density at radius 1 is 1.00 bits per heavy atom. The summed E-state index contributed by atoms with van der Waals surface area (Å²) in [4.78, 5) is 0. The minimum Gasteiger partial charge on any atom is -0.493 e. The Kier molecular flexibility index (Phi) is 5.50. The van der Waals surface area contributed by atoms with E-state index >= 15 is 0 Å². The average Bonchev–Trinajstić information content (AvgIpc) is 2.53. The third-order valence-corrected chi connectivity index (χ3v) is 5.05. The van der Waals surface area contributed by atoms with Gasteiger partial charge in [0.15, 0.2) is 0 Å². The molecule has 0 aromatic heterocycles. The molecule has 2 aromatic carbocycles. The summed E-state index contributed by atoms with van der Waals surface area (Å²) in [6, 6.07) is 11.9. The van der Waals surface area contributed by atoms with Gasteiger partial charge in [0.2, 0.25) is 0 Å². The minimum absolute atomic E-state index is 0.653. The van der Waals surface area contributed by atoms with Gasteiger partial charge < -0.3 is 4.74 Å². The molecule has 1 nitrogen and oxygen atoms in total. The zero-order chi connectivity index (χ0) is 16.2. The Labute approximate surface area is 148 Å². The van der Waals surface area contributed by atoms with Crippen molar-refractivity contribution in [1.82, 2.24) is 0 Å². The lowest BCUT2D eigenvalue weighted by molar-refractivity contribution is 0.209. The molecule has 1 fully saturated rings. The van der Waals surface area contributed by atoms with Crippen molar-refractivity contribution < 1.29 is 4.74 Å². The molecule has 2 aromatic rings. The third kappa shape index (κ3) is 4.43. The topological polar surface area (TPSA) is 9.23 Å². The van der Waals surface area contributed by atoms with Gasteiger partial charge in [-0.25, -0.2) is 0 Å². The van der Waals surface area contributed by atoms with Crippen molar-refractivity contribution in [3.8, 4) is 16.9 Å². The lowest BCUT2D eigenvalue weighted by atomic mass is 9.90. The molecule has 1 aliphatic rings. The van der Waals surface area contributed by atoms with Gasteiger partial charge in [-0.2, -0.15) is 0 Å². The molecule has 0 saturated heterocycles. The summed E-state index contributed by atoms with van der Waals surface area (Å²) in [5.74, 6) is 1.63. The molecule has 0 aliphatic heterocycles. The Morgan fingerprint density at radius 3 is 2.52 bits per heavy atom. The quantitative estimate of drug-likeness (QED) is 0.582. The van der Waals surface area contributed by atoms with E-state index < -0.39 is 0 Å². The maximum Gasteiger partial charge on any atom is 0.120 e. The van der Waals surface area contributed by atoms with Gasteiger partial charge in [-0.3, -0.25) is 0 Å². The predicted octanol–water partition coefficient (Wildman–Crippen LogP) is 6.93. The van der Waals surface area contributed by atoms with Crippen molar-refractivity contribution in [2.45, 2.75) is 39.0 Å². The largest absolute Gasteiger partial charge is 0.493 e. The molecule has 3 rings (SSSR count). The maximum atomic E-state index is 6.34. The number of hydrogen-bond acceptors (Lipinski definition) is 1. The molecule has 0 radical (unpaired) electrons. The highest BCUT2D eigenvalue weighted by Gasteiger charge is 2.14. The number of hydrogen-bond donors (Lipinski definition) is 0. The normalized spacial score (nSPS) is 15.6. The zero-order valence-electron chi connectivity index (χ0n) is 13.4. The fourth-order valence-electron chi connectivity index (χ4n) is 3.28. The highest BCUT2D eigenvalue weighted by atomic mass is 35.5. The van der Waals surface area contributed by atoms with E-state index in [2.05, 4.69) is 25.1 Å². The lowest BCUT2D eigenvalue weighted by Gasteiger charge is -2.22. The molecule has 0 spiro atoms. The number of halogens is 2. The molecular weight excluding hydrogens is 327 g/mol. The zero-order valence-corrected chi connectivity index (χ0v) is 15.0. The maximum absolute atomic E-state index is 6.34. The first-order valence-corrected chi connectivity index (χ1v) is 9.07. The van der Waals surface area contributed by atoms with Gasteiger partial charge in [-0.05, 0) is 61.1 Å². The molecule has 23 heavy (non-hydrogen) atoms. The number of benzene rings is 2. The molecule has 122 valence electrons. The second-order valence-corrected chi connectivity index (χ2v) is 7.32. The number of ether oxygens (including phenoxy) is 1. The standard InChI is InChI=1S/C20H22Cl2O/c1-14-9-16(19-8-7-17(21)12-20(19)22)11-18(10-14)23-13-15-5-3-2-4-6-15/h7-12,15H,2-6,13H2,1H3. The summed E-state index contributed by atoms with van der Waals surface area (Å²) < 4.78 is 6.08. The summed E-state index contributed by atoms with van der Waals surface area (Å²) in [6.07, 6.45) is 6.64. The third-order valence-electron chi connectivity index (χ3n) is 4.50. The van der Waals surface area contributed by atoms with Gasteiger partial charge >= 0.3 is 0 Å². The van der Waals surface area contributed by atoms with Crippen LogP contribution in [-0.4, -0.2) is 6.61 Å². The highest BCUT2D eigenvalue weighted by Crippen LogP contribution is 2.33. The summed E-state index contributed by atoms with van der Waals surface area (Å²) >= 11 is 12.3. The number of rotatable bonds is 4. The second kappa shape index (κ2) is 7.59. The first kappa shape index (κ1) is 16.7. The van der Waals surface area contributed by atoms with Gasteiger partial charge in [0, 0.05) is 15.6 Å². The monoisotopic (exact) mass is 348 g/mol. The summed E-state index contributed by atoms with van der Waals surface area (Å²) in [6.45, 7) is 2.90. The molecule has 0 unspecified atom stereocenters. The summed E-state index contributed by atoms with van der Waals surface area (Å²) in [7, 11) is 0. The van der Waals surface area contributed by atoms with E-state index in [0.29, 0.717) is 16.0 Å². The van der Waals surface area contributed by atoms with E-state index in [1.54, 1.807) is 6.07 Å². The average molecular weight is 349 g/mol. The Bertz CT molecular complexity index is 675. The van der Waals surface area contributed by atoms with Crippen LogP contribution in [0.5, 0.6) is 5.75 Å². The van der Waals surface area contributed by atoms with E-state index in [9.17, 15) is 0 Å². The fraction of sp³-hybridized carbons (Fsp3) is 0.400. The van der Waals surface area contributed by atoms with Gasteiger partial charge in [0.25, 0.3) is 0 Å². The van der Waals surface area contributed by atoms with Crippen LogP contribution < -0.4 is 4.74 Å². The van der Waals surface area contributed by atoms with Crippen molar-refractivity contribution >= 4 is 23.2 Å². The molecule has 0 atom stereocenters. The Balaban J connectivity index is 1.78. The van der Waals surface area contributed by atoms with Gasteiger partial charge in [0.05, 0.1) is 6.61 Å². The van der Waals surface area contributed by atoms with Crippen LogP contribution in [0.4, 0.5) is 0 Å². The Hall–Kier alpha value is -1.18. The van der Waals surface area contributed by atoms with Crippen LogP contribution in [0.1, 0.15) is 37.7 Å². The minimum atomic E-state index is 0.653. The molecule has 0 heterocycles. The second-order valence-electron chi connectivity index (χ2n) is 6.47. The van der Waals surface area contributed by atoms with Crippen LogP contribution >= 0.6 is 23.2 Å². The first-order valence-electron chi connectivity index (χ1n) is 8.32. The van der Waals surface area contributed by atoms with Crippen LogP contribution in [-0.2, 0) is 0 Å². The highest BCUT2D eigenvalue weighted by molar-refractivity contribution is 6.36. The molecule has 3 heteroatoms. The van der Waals surface area contributed by atoms with Crippen molar-refractivity contribution in [3.63, 3.8) is 0 Å². The molecule has 0 N–H and O–H groups in total. The molecular formula is C20H22Cl2O. The van der Waals surface area contributed by atoms with Gasteiger partial charge in [-0.15, -0.1) is 0 Å². The molecule has 1 aliphatic carbocycles. The van der Waals surface area contributed by atoms with E-state index in [1.807, 2.05) is 12.1 Å². The molecule has 0 bridgehead atoms. The van der Waals surface area contributed by atoms with Gasteiger partial charge in [-0.1, -0.05) is 54.6 Å². The van der Waals surface area contributed by atoms with Crippen LogP contribution in [0.15, 0.2) is 36.4 Å². The van der Waals surface area contributed by atoms with Crippen molar-refractivity contribution in [1.29, 1.82) is 0 Å². The smallest absolute Gasteiger partial charge is 0.120 e. The number of aryl methyl sites for hydroxylation is 1. The van der Waals surface area contributed by atoms with Crippen molar-refractivity contribution in [3.05, 3.63) is 52.0 Å². The van der Waals surface area contributed by atoms with E-state index in [4.69, 9.17) is 27.9 Å².